The molecule has 0 spiro atoms. The van der Waals surface area contributed by atoms with E-state index in [1.165, 1.54) is 34.2 Å². The molecule has 0 N–H and O–H groups in total. The molecule has 144 valence electrons. The van der Waals surface area contributed by atoms with Gasteiger partial charge >= 0.3 is 11.9 Å². The molecule has 28 heavy (non-hydrogen) atoms. The minimum atomic E-state index is -4.42. The van der Waals surface area contributed by atoms with Gasteiger partial charge in [0.25, 0.3) is 5.56 Å². The Morgan fingerprint density at radius 1 is 1.21 bits per heavy atom. The molecule has 0 saturated heterocycles. The van der Waals surface area contributed by atoms with Gasteiger partial charge in [-0.25, -0.2) is 9.78 Å². The van der Waals surface area contributed by atoms with Crippen LogP contribution in [0, 0.1) is 11.3 Å². The van der Waals surface area contributed by atoms with Gasteiger partial charge in [-0.3, -0.25) is 13.9 Å². The van der Waals surface area contributed by atoms with Gasteiger partial charge in [-0.1, -0.05) is 12.1 Å². The molecule has 0 fully saturated rings. The maximum atomic E-state index is 12.7. The van der Waals surface area contributed by atoms with E-state index < -0.39 is 23.0 Å². The van der Waals surface area contributed by atoms with Crippen molar-refractivity contribution in [1.29, 1.82) is 5.26 Å². The second-order valence-electron chi connectivity index (χ2n) is 5.83. The maximum Gasteiger partial charge on any atom is 0.416 e. The number of rotatable bonds is 4. The molecule has 0 saturated carbocycles. The lowest BCUT2D eigenvalue weighted by molar-refractivity contribution is -0.137. The maximum absolute atomic E-state index is 12.7. The van der Waals surface area contributed by atoms with E-state index in [0.717, 1.165) is 16.7 Å². The first kappa shape index (κ1) is 19.6. The van der Waals surface area contributed by atoms with E-state index in [0.29, 0.717) is 22.8 Å². The van der Waals surface area contributed by atoms with Gasteiger partial charge < -0.3 is 0 Å². The third-order valence-electron chi connectivity index (χ3n) is 4.03. The number of alkyl halides is 3. The Morgan fingerprint density at radius 2 is 1.89 bits per heavy atom. The molecule has 0 unspecified atom stereocenters. The third kappa shape index (κ3) is 3.75. The number of nitriles is 1. The van der Waals surface area contributed by atoms with Crippen molar-refractivity contribution in [2.24, 2.45) is 0 Å². The molecular weight excluding hydrogens is 393 g/mol. The summed E-state index contributed by atoms with van der Waals surface area (Å²) >= 11 is 1.19. The van der Waals surface area contributed by atoms with Gasteiger partial charge in [-0.05, 0) is 19.1 Å². The quantitative estimate of drug-likeness (QED) is 0.667. The van der Waals surface area contributed by atoms with Gasteiger partial charge in [0.2, 0.25) is 0 Å². The summed E-state index contributed by atoms with van der Waals surface area (Å²) in [5, 5.41) is 11.2. The van der Waals surface area contributed by atoms with Gasteiger partial charge in [-0.15, -0.1) is 11.3 Å². The van der Waals surface area contributed by atoms with Crippen molar-refractivity contribution in [2.45, 2.75) is 26.2 Å². The standard InChI is InChI=1S/C18H13F3N4O2S/c1-2-24-8-12(7-22)16(26)25(17(24)27)9-14-10-28-15(23-14)11-3-5-13(6-4-11)18(19,20)21/h3-6,8,10H,2,9H2,1H3. The van der Waals surface area contributed by atoms with E-state index in [4.69, 9.17) is 5.26 Å². The van der Waals surface area contributed by atoms with Crippen LogP contribution in [-0.2, 0) is 19.3 Å². The average molecular weight is 406 g/mol. The summed E-state index contributed by atoms with van der Waals surface area (Å²) in [4.78, 5) is 29.0. The Balaban J connectivity index is 1.93. The number of aromatic nitrogens is 3. The number of halogens is 3. The largest absolute Gasteiger partial charge is 0.416 e. The lowest BCUT2D eigenvalue weighted by Crippen LogP contribution is -2.41. The van der Waals surface area contributed by atoms with Gasteiger partial charge in [-0.2, -0.15) is 18.4 Å². The topological polar surface area (TPSA) is 80.7 Å². The van der Waals surface area contributed by atoms with Gasteiger partial charge in [0, 0.05) is 23.7 Å². The Labute approximate surface area is 160 Å². The summed E-state index contributed by atoms with van der Waals surface area (Å²) in [7, 11) is 0. The van der Waals surface area contributed by atoms with Crippen LogP contribution in [0.2, 0.25) is 0 Å². The van der Waals surface area contributed by atoms with Gasteiger partial charge in [0.05, 0.1) is 17.8 Å². The summed E-state index contributed by atoms with van der Waals surface area (Å²) in [6.07, 6.45) is -3.20. The minimum absolute atomic E-state index is 0.135. The monoisotopic (exact) mass is 406 g/mol. The summed E-state index contributed by atoms with van der Waals surface area (Å²) < 4.78 is 40.2. The van der Waals surface area contributed by atoms with Crippen LogP contribution in [-0.4, -0.2) is 14.1 Å². The van der Waals surface area contributed by atoms with Crippen molar-refractivity contribution in [3.63, 3.8) is 0 Å². The Hall–Kier alpha value is -3.19. The summed E-state index contributed by atoms with van der Waals surface area (Å²) in [6, 6.07) is 6.34. The zero-order valence-corrected chi connectivity index (χ0v) is 15.3. The molecule has 0 bridgehead atoms. The van der Waals surface area contributed by atoms with Crippen LogP contribution < -0.4 is 11.2 Å². The molecule has 2 heterocycles. The molecule has 10 heteroatoms. The first-order valence-corrected chi connectivity index (χ1v) is 8.99. The number of aryl methyl sites for hydroxylation is 1. The summed E-state index contributed by atoms with van der Waals surface area (Å²) in [5.41, 5.74) is -1.28. The molecular formula is C18H13F3N4O2S. The summed E-state index contributed by atoms with van der Waals surface area (Å²) in [5.74, 6) is 0. The molecule has 0 aliphatic heterocycles. The minimum Gasteiger partial charge on any atom is -0.299 e. The fourth-order valence-corrected chi connectivity index (χ4v) is 3.39. The zero-order chi connectivity index (χ0) is 20.5. The zero-order valence-electron chi connectivity index (χ0n) is 14.5. The van der Waals surface area contributed by atoms with Crippen LogP contribution in [0.5, 0.6) is 0 Å². The van der Waals surface area contributed by atoms with E-state index in [1.807, 2.05) is 0 Å². The Morgan fingerprint density at radius 3 is 2.46 bits per heavy atom. The highest BCUT2D eigenvalue weighted by molar-refractivity contribution is 7.13. The highest BCUT2D eigenvalue weighted by Crippen LogP contribution is 2.31. The lowest BCUT2D eigenvalue weighted by atomic mass is 10.1. The van der Waals surface area contributed by atoms with E-state index in [-0.39, 0.29) is 12.1 Å². The first-order chi connectivity index (χ1) is 13.2. The van der Waals surface area contributed by atoms with Crippen LogP contribution in [0.4, 0.5) is 13.2 Å². The second-order valence-corrected chi connectivity index (χ2v) is 6.69. The van der Waals surface area contributed by atoms with Gasteiger partial charge in [0.15, 0.2) is 0 Å². The van der Waals surface area contributed by atoms with E-state index >= 15 is 0 Å². The molecule has 0 amide bonds. The van der Waals surface area contributed by atoms with Crippen molar-refractivity contribution in [2.75, 3.05) is 0 Å². The lowest BCUT2D eigenvalue weighted by Gasteiger charge is -2.08. The highest BCUT2D eigenvalue weighted by Gasteiger charge is 2.30. The molecule has 6 nitrogen and oxygen atoms in total. The Kier molecular flexibility index (Phi) is 5.20. The van der Waals surface area contributed by atoms with Crippen LogP contribution in [0.1, 0.15) is 23.7 Å². The number of thiazole rings is 1. The molecule has 1 aromatic carbocycles. The van der Waals surface area contributed by atoms with Crippen LogP contribution in [0.15, 0.2) is 45.4 Å². The fourth-order valence-electron chi connectivity index (χ4n) is 2.57. The Bertz CT molecular complexity index is 1170. The van der Waals surface area contributed by atoms with Crippen molar-refractivity contribution in [3.8, 4) is 16.6 Å². The fraction of sp³-hybridized carbons (Fsp3) is 0.222. The first-order valence-electron chi connectivity index (χ1n) is 8.11. The van der Waals surface area contributed by atoms with Crippen LogP contribution >= 0.6 is 11.3 Å². The van der Waals surface area contributed by atoms with Crippen LogP contribution in [0.25, 0.3) is 10.6 Å². The number of hydrogen-bond acceptors (Lipinski definition) is 5. The van der Waals surface area contributed by atoms with E-state index in [9.17, 15) is 22.8 Å². The number of nitrogens with zero attached hydrogens (tertiary/aromatic N) is 4. The van der Waals surface area contributed by atoms with E-state index in [1.54, 1.807) is 18.4 Å². The number of benzene rings is 1. The molecule has 2 aromatic heterocycles. The SMILES string of the molecule is CCn1cc(C#N)c(=O)n(Cc2csc(-c3ccc(C(F)(F)F)cc3)n2)c1=O. The van der Waals surface area contributed by atoms with Crippen molar-refractivity contribution in [3.05, 3.63) is 73.5 Å². The molecule has 0 aliphatic rings. The molecule has 0 aliphatic carbocycles. The molecule has 0 atom stereocenters. The van der Waals surface area contributed by atoms with Crippen LogP contribution in [0.3, 0.4) is 0 Å². The van der Waals surface area contributed by atoms with E-state index in [2.05, 4.69) is 4.98 Å². The molecule has 3 rings (SSSR count). The average Bonchev–Trinajstić information content (AvgIpc) is 3.13. The second kappa shape index (κ2) is 7.44. The molecule has 3 aromatic rings. The molecule has 0 radical (unpaired) electrons. The normalized spacial score (nSPS) is 11.4. The number of hydrogen-bond donors (Lipinski definition) is 0. The smallest absolute Gasteiger partial charge is 0.299 e. The van der Waals surface area contributed by atoms with Gasteiger partial charge in [0.1, 0.15) is 16.6 Å². The predicted molar refractivity (Wildman–Crippen MR) is 97.0 cm³/mol. The third-order valence-corrected chi connectivity index (χ3v) is 4.97. The van der Waals surface area contributed by atoms with Crippen molar-refractivity contribution < 1.29 is 13.2 Å². The summed E-state index contributed by atoms with van der Waals surface area (Å²) in [6.45, 7) is 1.87. The van der Waals surface area contributed by atoms with Crippen molar-refractivity contribution >= 4 is 11.3 Å². The predicted octanol–water partition coefficient (Wildman–Crippen LogP) is 3.09. The highest BCUT2D eigenvalue weighted by atomic mass is 32.1. The van der Waals surface area contributed by atoms with Crippen molar-refractivity contribution in [1.82, 2.24) is 14.1 Å².